The summed E-state index contributed by atoms with van der Waals surface area (Å²) in [6.45, 7) is 0. The Hall–Kier alpha value is -1.72. The summed E-state index contributed by atoms with van der Waals surface area (Å²) in [6.07, 6.45) is 5.01. The number of aryl methyl sites for hydroxylation is 1. The molecule has 0 radical (unpaired) electrons. The minimum atomic E-state index is -0.191. The lowest BCUT2D eigenvalue weighted by Crippen LogP contribution is -2.38. The third kappa shape index (κ3) is 3.15. The largest absolute Gasteiger partial charge is 0.276 e. The Kier molecular flexibility index (Phi) is 4.07. The Morgan fingerprint density at radius 2 is 2.17 bits per heavy atom. The van der Waals surface area contributed by atoms with Gasteiger partial charge in [0.15, 0.2) is 0 Å². The number of hydrazine groups is 1. The van der Waals surface area contributed by atoms with Crippen LogP contribution in [0.2, 0.25) is 0 Å². The molecule has 3 N–H and O–H groups in total. The van der Waals surface area contributed by atoms with Crippen LogP contribution in [0.5, 0.6) is 0 Å². The first kappa shape index (κ1) is 12.7. The van der Waals surface area contributed by atoms with E-state index in [4.69, 9.17) is 5.84 Å². The minimum absolute atomic E-state index is 0.00824. The standard InChI is InChI=1S/C13H17FN4/c1-18-9-10(8-16-18)6-12(17-15)7-11-4-2-3-5-13(11)14/h2-5,8-9,12,17H,6-7,15H2,1H3. The predicted molar refractivity (Wildman–Crippen MR) is 68.1 cm³/mol. The highest BCUT2D eigenvalue weighted by atomic mass is 19.1. The van der Waals surface area contributed by atoms with Crippen LogP contribution in [-0.2, 0) is 19.9 Å². The van der Waals surface area contributed by atoms with E-state index in [1.807, 2.05) is 19.3 Å². The molecule has 0 aliphatic heterocycles. The van der Waals surface area contributed by atoms with E-state index in [1.54, 1.807) is 23.0 Å². The van der Waals surface area contributed by atoms with E-state index >= 15 is 0 Å². The lowest BCUT2D eigenvalue weighted by atomic mass is 10.0. The van der Waals surface area contributed by atoms with Gasteiger partial charge in [0, 0.05) is 19.3 Å². The van der Waals surface area contributed by atoms with E-state index in [2.05, 4.69) is 10.5 Å². The van der Waals surface area contributed by atoms with E-state index in [-0.39, 0.29) is 11.9 Å². The normalized spacial score (nSPS) is 12.6. The highest BCUT2D eigenvalue weighted by Crippen LogP contribution is 2.11. The number of hydrogen-bond donors (Lipinski definition) is 2. The topological polar surface area (TPSA) is 55.9 Å². The summed E-state index contributed by atoms with van der Waals surface area (Å²) in [7, 11) is 1.87. The van der Waals surface area contributed by atoms with Crippen molar-refractivity contribution >= 4 is 0 Å². The first-order chi connectivity index (χ1) is 8.69. The summed E-state index contributed by atoms with van der Waals surface area (Å²) in [5.41, 5.74) is 4.48. The molecule has 96 valence electrons. The molecule has 1 atom stereocenters. The molecule has 0 amide bonds. The molecule has 0 fully saturated rings. The van der Waals surface area contributed by atoms with Crippen molar-refractivity contribution in [3.05, 3.63) is 53.6 Å². The van der Waals surface area contributed by atoms with E-state index in [0.717, 1.165) is 12.0 Å². The summed E-state index contributed by atoms with van der Waals surface area (Å²) < 4.78 is 15.3. The van der Waals surface area contributed by atoms with Crippen molar-refractivity contribution in [2.45, 2.75) is 18.9 Å². The molecule has 0 saturated carbocycles. The predicted octanol–water partition coefficient (Wildman–Crippen LogP) is 1.18. The van der Waals surface area contributed by atoms with Crippen LogP contribution < -0.4 is 11.3 Å². The lowest BCUT2D eigenvalue weighted by molar-refractivity contribution is 0.506. The third-order valence-electron chi connectivity index (χ3n) is 2.90. The number of halogens is 1. The van der Waals surface area contributed by atoms with Crippen molar-refractivity contribution in [3.8, 4) is 0 Å². The molecule has 0 aliphatic carbocycles. The molecule has 1 heterocycles. The van der Waals surface area contributed by atoms with Gasteiger partial charge in [-0.2, -0.15) is 5.10 Å². The molecule has 4 nitrogen and oxygen atoms in total. The number of rotatable bonds is 5. The van der Waals surface area contributed by atoms with Crippen LogP contribution in [0.4, 0.5) is 4.39 Å². The summed E-state index contributed by atoms with van der Waals surface area (Å²) >= 11 is 0. The summed E-state index contributed by atoms with van der Waals surface area (Å²) in [5, 5.41) is 4.10. The first-order valence-corrected chi connectivity index (χ1v) is 5.86. The average Bonchev–Trinajstić information content (AvgIpc) is 2.76. The zero-order valence-electron chi connectivity index (χ0n) is 10.3. The van der Waals surface area contributed by atoms with Gasteiger partial charge in [0.2, 0.25) is 0 Å². The summed E-state index contributed by atoms with van der Waals surface area (Å²) in [6, 6.07) is 6.75. The van der Waals surface area contributed by atoms with Gasteiger partial charge in [0.05, 0.1) is 6.20 Å². The number of nitrogens with zero attached hydrogens (tertiary/aromatic N) is 2. The maximum atomic E-state index is 13.5. The van der Waals surface area contributed by atoms with Gasteiger partial charge in [-0.3, -0.25) is 16.0 Å². The number of nitrogens with one attached hydrogen (secondary N) is 1. The van der Waals surface area contributed by atoms with Crippen LogP contribution in [0.15, 0.2) is 36.7 Å². The van der Waals surface area contributed by atoms with Gasteiger partial charge in [-0.25, -0.2) is 4.39 Å². The Labute approximate surface area is 106 Å². The van der Waals surface area contributed by atoms with Gasteiger partial charge in [0.25, 0.3) is 0 Å². The molecular weight excluding hydrogens is 231 g/mol. The number of benzene rings is 1. The maximum Gasteiger partial charge on any atom is 0.126 e. The van der Waals surface area contributed by atoms with E-state index in [1.165, 1.54) is 6.07 Å². The van der Waals surface area contributed by atoms with Crippen molar-refractivity contribution in [1.29, 1.82) is 0 Å². The Morgan fingerprint density at radius 1 is 1.39 bits per heavy atom. The smallest absolute Gasteiger partial charge is 0.126 e. The average molecular weight is 248 g/mol. The van der Waals surface area contributed by atoms with Crippen LogP contribution >= 0.6 is 0 Å². The van der Waals surface area contributed by atoms with Gasteiger partial charge < -0.3 is 0 Å². The fraction of sp³-hybridized carbons (Fsp3) is 0.308. The molecule has 0 aliphatic rings. The van der Waals surface area contributed by atoms with E-state index in [9.17, 15) is 4.39 Å². The van der Waals surface area contributed by atoms with Crippen molar-refractivity contribution in [3.63, 3.8) is 0 Å². The SMILES string of the molecule is Cn1cc(CC(Cc2ccccc2F)NN)cn1. The van der Waals surface area contributed by atoms with Gasteiger partial charge in [0.1, 0.15) is 5.82 Å². The minimum Gasteiger partial charge on any atom is -0.276 e. The quantitative estimate of drug-likeness (QED) is 0.617. The zero-order chi connectivity index (χ0) is 13.0. The van der Waals surface area contributed by atoms with Crippen LogP contribution in [0, 0.1) is 5.82 Å². The van der Waals surface area contributed by atoms with Crippen LogP contribution in [0.1, 0.15) is 11.1 Å². The van der Waals surface area contributed by atoms with Crippen molar-refractivity contribution in [2.24, 2.45) is 12.9 Å². The Bertz CT molecular complexity index is 509. The molecule has 0 bridgehead atoms. The number of nitrogens with two attached hydrogens (primary N) is 1. The molecule has 18 heavy (non-hydrogen) atoms. The van der Waals surface area contributed by atoms with E-state index in [0.29, 0.717) is 12.0 Å². The second-order valence-corrected chi connectivity index (χ2v) is 4.39. The third-order valence-corrected chi connectivity index (χ3v) is 2.90. The van der Waals surface area contributed by atoms with Crippen LogP contribution in [0.3, 0.4) is 0 Å². The highest BCUT2D eigenvalue weighted by molar-refractivity contribution is 5.19. The fourth-order valence-electron chi connectivity index (χ4n) is 1.98. The molecule has 5 heteroatoms. The first-order valence-electron chi connectivity index (χ1n) is 5.86. The summed E-state index contributed by atoms with van der Waals surface area (Å²) in [4.78, 5) is 0. The second-order valence-electron chi connectivity index (χ2n) is 4.39. The van der Waals surface area contributed by atoms with Crippen LogP contribution in [0.25, 0.3) is 0 Å². The van der Waals surface area contributed by atoms with Crippen molar-refractivity contribution < 1.29 is 4.39 Å². The van der Waals surface area contributed by atoms with Gasteiger partial charge in [-0.1, -0.05) is 18.2 Å². The monoisotopic (exact) mass is 248 g/mol. The molecule has 2 aromatic rings. The zero-order valence-corrected chi connectivity index (χ0v) is 10.3. The summed E-state index contributed by atoms with van der Waals surface area (Å²) in [5.74, 6) is 5.33. The van der Waals surface area contributed by atoms with Gasteiger partial charge in [-0.05, 0) is 30.0 Å². The lowest BCUT2D eigenvalue weighted by Gasteiger charge is -2.15. The molecule has 2 rings (SSSR count). The van der Waals surface area contributed by atoms with Gasteiger partial charge in [-0.15, -0.1) is 0 Å². The highest BCUT2D eigenvalue weighted by Gasteiger charge is 2.12. The number of aromatic nitrogens is 2. The molecule has 0 spiro atoms. The maximum absolute atomic E-state index is 13.5. The molecule has 1 aromatic carbocycles. The molecular formula is C13H17FN4. The molecule has 1 aromatic heterocycles. The van der Waals surface area contributed by atoms with Crippen molar-refractivity contribution in [1.82, 2.24) is 15.2 Å². The number of hydrogen-bond acceptors (Lipinski definition) is 3. The van der Waals surface area contributed by atoms with Crippen molar-refractivity contribution in [2.75, 3.05) is 0 Å². The Morgan fingerprint density at radius 3 is 2.78 bits per heavy atom. The van der Waals surface area contributed by atoms with E-state index < -0.39 is 0 Å². The van der Waals surface area contributed by atoms with Gasteiger partial charge >= 0.3 is 0 Å². The second kappa shape index (κ2) is 5.75. The van der Waals surface area contributed by atoms with Crippen LogP contribution in [-0.4, -0.2) is 15.8 Å². The molecule has 0 saturated heterocycles. The Balaban J connectivity index is 2.04. The molecule has 1 unspecified atom stereocenters. The fourth-order valence-corrected chi connectivity index (χ4v) is 1.98.